The van der Waals surface area contributed by atoms with Gasteiger partial charge in [-0.3, -0.25) is 14.3 Å². The van der Waals surface area contributed by atoms with Gasteiger partial charge in [-0.25, -0.2) is 4.79 Å². The molecule has 128 valence electrons. The van der Waals surface area contributed by atoms with Crippen molar-refractivity contribution in [2.75, 3.05) is 5.73 Å². The fraction of sp³-hybridized carbons (Fsp3) is 0.688. The van der Waals surface area contributed by atoms with Gasteiger partial charge in [0.1, 0.15) is 0 Å². The van der Waals surface area contributed by atoms with E-state index in [0.717, 1.165) is 12.8 Å². The molecule has 0 aliphatic carbocycles. The highest BCUT2D eigenvalue weighted by Gasteiger charge is 2.14. The van der Waals surface area contributed by atoms with Crippen LogP contribution in [0.1, 0.15) is 58.3 Å². The fourth-order valence-electron chi connectivity index (χ4n) is 2.88. The minimum Gasteiger partial charge on any atom is -0.369 e. The Morgan fingerprint density at radius 2 is 1.65 bits per heavy atom. The molecule has 0 aliphatic heterocycles. The molecule has 7 nitrogen and oxygen atoms in total. The Bertz CT molecular complexity index is 756. The Balaban J connectivity index is 1.96. The highest BCUT2D eigenvalue weighted by molar-refractivity contribution is 5.73. The van der Waals surface area contributed by atoms with E-state index >= 15 is 0 Å². The first-order valence-corrected chi connectivity index (χ1v) is 8.51. The second-order valence-corrected chi connectivity index (χ2v) is 6.09. The second kappa shape index (κ2) is 7.99. The van der Waals surface area contributed by atoms with E-state index in [1.165, 1.54) is 43.1 Å². The van der Waals surface area contributed by atoms with Crippen molar-refractivity contribution >= 4 is 17.1 Å². The lowest BCUT2D eigenvalue weighted by Crippen LogP contribution is -2.29. The third kappa shape index (κ3) is 4.03. The quantitative estimate of drug-likeness (QED) is 0.691. The average molecular weight is 321 g/mol. The molecule has 2 aromatic rings. The predicted molar refractivity (Wildman–Crippen MR) is 92.6 cm³/mol. The van der Waals surface area contributed by atoms with E-state index < -0.39 is 11.2 Å². The van der Waals surface area contributed by atoms with E-state index in [9.17, 15) is 9.59 Å². The molecule has 0 atom stereocenters. The van der Waals surface area contributed by atoms with Crippen LogP contribution in [0.25, 0.3) is 11.2 Å². The number of nitrogen functional groups attached to an aromatic ring is 1. The van der Waals surface area contributed by atoms with Gasteiger partial charge in [0.2, 0.25) is 5.95 Å². The van der Waals surface area contributed by atoms with Crippen LogP contribution < -0.4 is 17.0 Å². The molecule has 0 radical (unpaired) electrons. The topological polar surface area (TPSA) is 98.7 Å². The SMILES string of the molecule is CCCCCCCCCCn1c(N)nc2c1c(=O)[nH]c(=O)n2C. The van der Waals surface area contributed by atoms with Crippen molar-refractivity contribution in [3.63, 3.8) is 0 Å². The van der Waals surface area contributed by atoms with Crippen LogP contribution >= 0.6 is 0 Å². The number of aromatic nitrogens is 4. The van der Waals surface area contributed by atoms with Gasteiger partial charge in [-0.05, 0) is 6.42 Å². The number of aryl methyl sites for hydroxylation is 2. The van der Waals surface area contributed by atoms with E-state index in [-0.39, 0.29) is 5.95 Å². The molecule has 2 aromatic heterocycles. The summed E-state index contributed by atoms with van der Waals surface area (Å²) in [5.74, 6) is 0.287. The van der Waals surface area contributed by atoms with E-state index in [4.69, 9.17) is 5.73 Å². The smallest absolute Gasteiger partial charge is 0.329 e. The Morgan fingerprint density at radius 3 is 2.30 bits per heavy atom. The van der Waals surface area contributed by atoms with E-state index in [0.29, 0.717) is 17.7 Å². The first kappa shape index (κ1) is 17.3. The number of hydrogen-bond donors (Lipinski definition) is 2. The Hall–Kier alpha value is -2.05. The maximum absolute atomic E-state index is 12.0. The van der Waals surface area contributed by atoms with Gasteiger partial charge >= 0.3 is 5.69 Å². The maximum Gasteiger partial charge on any atom is 0.329 e. The summed E-state index contributed by atoms with van der Waals surface area (Å²) in [7, 11) is 1.58. The lowest BCUT2D eigenvalue weighted by atomic mass is 10.1. The molecule has 0 aliphatic rings. The Morgan fingerprint density at radius 1 is 1.04 bits per heavy atom. The van der Waals surface area contributed by atoms with E-state index in [2.05, 4.69) is 16.9 Å². The van der Waals surface area contributed by atoms with Crippen LogP contribution in [-0.4, -0.2) is 19.1 Å². The summed E-state index contributed by atoms with van der Waals surface area (Å²) in [6, 6.07) is 0. The van der Waals surface area contributed by atoms with Crippen LogP contribution in [0.2, 0.25) is 0 Å². The lowest BCUT2D eigenvalue weighted by Gasteiger charge is -2.06. The van der Waals surface area contributed by atoms with Gasteiger partial charge in [0.25, 0.3) is 5.56 Å². The third-order valence-electron chi connectivity index (χ3n) is 4.27. The van der Waals surface area contributed by atoms with Crippen molar-refractivity contribution < 1.29 is 0 Å². The zero-order chi connectivity index (χ0) is 16.8. The number of anilines is 1. The standard InChI is InChI=1S/C16H27N5O2/c1-3-4-5-6-7-8-9-10-11-21-12-13(18-15(21)17)20(2)16(23)19-14(12)22/h3-11H2,1-2H3,(H2,17,18)(H,19,22,23). The van der Waals surface area contributed by atoms with Crippen molar-refractivity contribution in [3.05, 3.63) is 20.8 Å². The normalized spacial score (nSPS) is 11.4. The number of nitrogens with one attached hydrogen (secondary N) is 1. The largest absolute Gasteiger partial charge is 0.369 e. The van der Waals surface area contributed by atoms with Crippen molar-refractivity contribution in [1.82, 2.24) is 19.1 Å². The van der Waals surface area contributed by atoms with Crippen molar-refractivity contribution in [1.29, 1.82) is 0 Å². The molecular formula is C16H27N5O2. The predicted octanol–water partition coefficient (Wildman–Crippen LogP) is 2.15. The average Bonchev–Trinajstić information content (AvgIpc) is 2.85. The summed E-state index contributed by atoms with van der Waals surface area (Å²) in [6.45, 7) is 2.87. The van der Waals surface area contributed by atoms with Crippen LogP contribution in [0, 0.1) is 0 Å². The molecule has 3 N–H and O–H groups in total. The van der Waals surface area contributed by atoms with Crippen LogP contribution in [0.4, 0.5) is 5.95 Å². The fourth-order valence-corrected chi connectivity index (χ4v) is 2.88. The van der Waals surface area contributed by atoms with Gasteiger partial charge in [-0.2, -0.15) is 4.98 Å². The molecule has 7 heteroatoms. The van der Waals surface area contributed by atoms with Crippen LogP contribution in [0.15, 0.2) is 9.59 Å². The number of unbranched alkanes of at least 4 members (excludes halogenated alkanes) is 7. The number of H-pyrrole nitrogens is 1. The lowest BCUT2D eigenvalue weighted by molar-refractivity contribution is 0.549. The van der Waals surface area contributed by atoms with E-state index in [1.807, 2.05) is 0 Å². The van der Waals surface area contributed by atoms with Crippen LogP contribution in [0.5, 0.6) is 0 Å². The summed E-state index contributed by atoms with van der Waals surface area (Å²) in [5.41, 5.74) is 5.75. The first-order valence-electron chi connectivity index (χ1n) is 8.51. The van der Waals surface area contributed by atoms with Crippen LogP contribution in [-0.2, 0) is 13.6 Å². The summed E-state index contributed by atoms with van der Waals surface area (Å²) in [4.78, 5) is 30.1. The summed E-state index contributed by atoms with van der Waals surface area (Å²) in [5, 5.41) is 0. The molecule has 0 saturated carbocycles. The number of nitrogens with two attached hydrogens (primary N) is 1. The molecule has 0 fully saturated rings. The van der Waals surface area contributed by atoms with Gasteiger partial charge in [0.05, 0.1) is 0 Å². The molecule has 0 spiro atoms. The van der Waals surface area contributed by atoms with Gasteiger partial charge in [0, 0.05) is 13.6 Å². The zero-order valence-corrected chi connectivity index (χ0v) is 14.1. The highest BCUT2D eigenvalue weighted by Crippen LogP contribution is 2.15. The number of imidazole rings is 1. The van der Waals surface area contributed by atoms with Gasteiger partial charge in [-0.1, -0.05) is 51.9 Å². The zero-order valence-electron chi connectivity index (χ0n) is 14.1. The van der Waals surface area contributed by atoms with Crippen molar-refractivity contribution in [2.45, 2.75) is 64.8 Å². The Labute approximate surface area is 135 Å². The molecule has 2 rings (SSSR count). The summed E-state index contributed by atoms with van der Waals surface area (Å²) in [6.07, 6.45) is 9.72. The minimum absolute atomic E-state index is 0.287. The molecule has 0 bridgehead atoms. The number of nitrogens with zero attached hydrogens (tertiary/aromatic N) is 3. The van der Waals surface area contributed by atoms with Gasteiger partial charge in [-0.15, -0.1) is 0 Å². The van der Waals surface area contributed by atoms with Gasteiger partial charge < -0.3 is 10.3 Å². The molecular weight excluding hydrogens is 294 g/mol. The van der Waals surface area contributed by atoms with Crippen molar-refractivity contribution in [3.8, 4) is 0 Å². The maximum atomic E-state index is 12.0. The van der Waals surface area contributed by atoms with Gasteiger partial charge in [0.15, 0.2) is 11.2 Å². The molecule has 0 saturated heterocycles. The third-order valence-corrected chi connectivity index (χ3v) is 4.27. The molecule has 2 heterocycles. The number of rotatable bonds is 9. The number of aromatic amines is 1. The van der Waals surface area contributed by atoms with E-state index in [1.54, 1.807) is 11.6 Å². The number of hydrogen-bond acceptors (Lipinski definition) is 4. The molecule has 0 amide bonds. The highest BCUT2D eigenvalue weighted by atomic mass is 16.2. The minimum atomic E-state index is -0.473. The summed E-state index contributed by atoms with van der Waals surface area (Å²) >= 11 is 0. The number of fused-ring (bicyclic) bond motifs is 1. The monoisotopic (exact) mass is 321 g/mol. The van der Waals surface area contributed by atoms with Crippen molar-refractivity contribution in [2.24, 2.45) is 7.05 Å². The molecule has 0 unspecified atom stereocenters. The second-order valence-electron chi connectivity index (χ2n) is 6.09. The first-order chi connectivity index (χ1) is 11.1. The Kier molecular flexibility index (Phi) is 6.01. The summed E-state index contributed by atoms with van der Waals surface area (Å²) < 4.78 is 3.03. The van der Waals surface area contributed by atoms with Crippen LogP contribution in [0.3, 0.4) is 0 Å². The molecule has 0 aromatic carbocycles. The molecule has 23 heavy (non-hydrogen) atoms.